The second kappa shape index (κ2) is 6.93. The van der Waals surface area contributed by atoms with E-state index in [1.54, 1.807) is 18.9 Å². The molecule has 0 bridgehead atoms. The molecule has 1 amide bonds. The van der Waals surface area contributed by atoms with E-state index in [2.05, 4.69) is 11.1 Å². The van der Waals surface area contributed by atoms with Gasteiger partial charge in [-0.2, -0.15) is 0 Å². The molecule has 0 unspecified atom stereocenters. The first-order valence-electron chi connectivity index (χ1n) is 8.16. The van der Waals surface area contributed by atoms with E-state index in [4.69, 9.17) is 9.84 Å². The number of carboxylic acid groups (broad SMARTS) is 1. The van der Waals surface area contributed by atoms with Crippen LogP contribution in [0.15, 0.2) is 30.3 Å². The van der Waals surface area contributed by atoms with Crippen LogP contribution < -0.4 is 4.74 Å². The minimum Gasteiger partial charge on any atom is -0.496 e. The molecule has 0 aliphatic carbocycles. The summed E-state index contributed by atoms with van der Waals surface area (Å²) in [4.78, 5) is 29.8. The first-order chi connectivity index (χ1) is 12.0. The Labute approximate surface area is 146 Å². The van der Waals surface area contributed by atoms with Crippen LogP contribution in [0.4, 0.5) is 0 Å². The van der Waals surface area contributed by atoms with Crippen LogP contribution in [-0.4, -0.2) is 47.1 Å². The highest BCUT2D eigenvalue weighted by molar-refractivity contribution is 5.94. The highest BCUT2D eigenvalue weighted by Gasteiger charge is 2.23. The van der Waals surface area contributed by atoms with E-state index in [9.17, 15) is 9.59 Å². The Morgan fingerprint density at radius 1 is 1.16 bits per heavy atom. The van der Waals surface area contributed by atoms with E-state index in [-0.39, 0.29) is 17.2 Å². The molecule has 0 fully saturated rings. The van der Waals surface area contributed by atoms with Crippen molar-refractivity contribution in [2.24, 2.45) is 0 Å². The number of aromatic carboxylic acids is 1. The van der Waals surface area contributed by atoms with Crippen LogP contribution in [0, 0.1) is 6.92 Å². The van der Waals surface area contributed by atoms with Gasteiger partial charge < -0.3 is 14.7 Å². The van der Waals surface area contributed by atoms with Gasteiger partial charge in [-0.3, -0.25) is 4.79 Å². The van der Waals surface area contributed by atoms with Gasteiger partial charge in [-0.25, -0.2) is 9.78 Å². The molecule has 2 aromatic rings. The number of hydrogen-bond acceptors (Lipinski definition) is 4. The molecule has 130 valence electrons. The maximum atomic E-state index is 12.8. The number of rotatable bonds is 3. The number of methoxy groups -OCH3 is 1. The molecule has 1 N–H and O–H groups in total. The Morgan fingerprint density at radius 3 is 2.60 bits per heavy atom. The fraction of sp³-hybridized carbons (Fsp3) is 0.316. The lowest BCUT2D eigenvalue weighted by Gasteiger charge is -2.20. The summed E-state index contributed by atoms with van der Waals surface area (Å²) in [6, 6.07) is 8.89. The standard InChI is InChI=1S/C19H20N2O4/c1-12-14(19(23)24)6-7-16(20-12)18(22)21-10-8-13-4-3-5-17(25-2)15(13)9-11-21/h3-7H,8-11H2,1-2H3,(H,23,24). The molecule has 1 aliphatic heterocycles. The van der Waals surface area contributed by atoms with Gasteiger partial charge >= 0.3 is 5.97 Å². The number of carbonyl (C=O) groups is 2. The number of amides is 1. The minimum absolute atomic E-state index is 0.115. The quantitative estimate of drug-likeness (QED) is 0.928. The fourth-order valence-electron chi connectivity index (χ4n) is 3.21. The van der Waals surface area contributed by atoms with Gasteiger partial charge in [0.05, 0.1) is 18.4 Å². The monoisotopic (exact) mass is 340 g/mol. The van der Waals surface area contributed by atoms with Crippen molar-refractivity contribution in [3.05, 3.63) is 58.4 Å². The Balaban J connectivity index is 1.81. The van der Waals surface area contributed by atoms with Crippen LogP contribution in [0.1, 0.15) is 37.7 Å². The van der Waals surface area contributed by atoms with Gasteiger partial charge in [-0.15, -0.1) is 0 Å². The van der Waals surface area contributed by atoms with Gasteiger partial charge in [-0.1, -0.05) is 12.1 Å². The second-order valence-electron chi connectivity index (χ2n) is 6.02. The smallest absolute Gasteiger partial charge is 0.337 e. The van der Waals surface area contributed by atoms with E-state index in [0.29, 0.717) is 18.8 Å². The van der Waals surface area contributed by atoms with Crippen molar-refractivity contribution >= 4 is 11.9 Å². The Kier molecular flexibility index (Phi) is 4.70. The number of fused-ring (bicyclic) bond motifs is 1. The topological polar surface area (TPSA) is 79.7 Å². The predicted molar refractivity (Wildman–Crippen MR) is 92.2 cm³/mol. The normalized spacial score (nSPS) is 13.8. The molecule has 0 atom stereocenters. The van der Waals surface area contributed by atoms with Gasteiger partial charge in [0.1, 0.15) is 11.4 Å². The number of nitrogens with zero attached hydrogens (tertiary/aromatic N) is 2. The van der Waals surface area contributed by atoms with Crippen molar-refractivity contribution in [1.82, 2.24) is 9.88 Å². The van der Waals surface area contributed by atoms with E-state index >= 15 is 0 Å². The summed E-state index contributed by atoms with van der Waals surface area (Å²) in [5, 5.41) is 9.08. The van der Waals surface area contributed by atoms with Gasteiger partial charge in [0.2, 0.25) is 0 Å². The zero-order valence-corrected chi connectivity index (χ0v) is 14.3. The molecule has 0 spiro atoms. The van der Waals surface area contributed by atoms with Crippen LogP contribution in [0.2, 0.25) is 0 Å². The summed E-state index contributed by atoms with van der Waals surface area (Å²) in [5.74, 6) is -0.361. The van der Waals surface area contributed by atoms with E-state index in [1.165, 1.54) is 17.7 Å². The maximum absolute atomic E-state index is 12.8. The largest absolute Gasteiger partial charge is 0.496 e. The van der Waals surface area contributed by atoms with Crippen LogP contribution in [0.3, 0.4) is 0 Å². The van der Waals surface area contributed by atoms with E-state index in [0.717, 1.165) is 24.2 Å². The molecule has 1 aliphatic rings. The summed E-state index contributed by atoms with van der Waals surface area (Å²) in [6.07, 6.45) is 1.47. The lowest BCUT2D eigenvalue weighted by molar-refractivity contribution is 0.0691. The van der Waals surface area contributed by atoms with Crippen LogP contribution >= 0.6 is 0 Å². The van der Waals surface area contributed by atoms with Gasteiger partial charge in [0.15, 0.2) is 0 Å². The van der Waals surface area contributed by atoms with Crippen molar-refractivity contribution in [1.29, 1.82) is 0 Å². The highest BCUT2D eigenvalue weighted by atomic mass is 16.5. The Morgan fingerprint density at radius 2 is 1.92 bits per heavy atom. The average Bonchev–Trinajstić information content (AvgIpc) is 2.83. The molecule has 1 aromatic carbocycles. The third kappa shape index (κ3) is 3.33. The number of carboxylic acids is 1. The molecule has 6 nitrogen and oxygen atoms in total. The Hall–Kier alpha value is -2.89. The van der Waals surface area contributed by atoms with E-state index < -0.39 is 5.97 Å². The first kappa shape index (κ1) is 17.0. The number of benzene rings is 1. The number of carbonyl (C=O) groups excluding carboxylic acids is 1. The first-order valence-corrected chi connectivity index (χ1v) is 8.16. The molecule has 0 saturated heterocycles. The average molecular weight is 340 g/mol. The number of ether oxygens (including phenoxy) is 1. The number of aromatic nitrogens is 1. The van der Waals surface area contributed by atoms with E-state index in [1.807, 2.05) is 12.1 Å². The fourth-order valence-corrected chi connectivity index (χ4v) is 3.21. The summed E-state index contributed by atoms with van der Waals surface area (Å²) >= 11 is 0. The van der Waals surface area contributed by atoms with Crippen molar-refractivity contribution in [2.75, 3.05) is 20.2 Å². The number of hydrogen-bond donors (Lipinski definition) is 1. The minimum atomic E-state index is -1.04. The molecule has 0 radical (unpaired) electrons. The number of pyridine rings is 1. The summed E-state index contributed by atoms with van der Waals surface area (Å²) < 4.78 is 5.43. The maximum Gasteiger partial charge on any atom is 0.337 e. The second-order valence-corrected chi connectivity index (χ2v) is 6.02. The zero-order chi connectivity index (χ0) is 18.0. The zero-order valence-electron chi connectivity index (χ0n) is 14.3. The van der Waals surface area contributed by atoms with Crippen molar-refractivity contribution in [3.63, 3.8) is 0 Å². The molecule has 1 aromatic heterocycles. The molecular weight excluding hydrogens is 320 g/mol. The van der Waals surface area contributed by atoms with Crippen molar-refractivity contribution < 1.29 is 19.4 Å². The van der Waals surface area contributed by atoms with Gasteiger partial charge in [0, 0.05) is 13.1 Å². The summed E-state index contributed by atoms with van der Waals surface area (Å²) in [7, 11) is 1.65. The SMILES string of the molecule is COc1cccc2c1CCN(C(=O)c1ccc(C(=O)O)c(C)n1)CC2. The summed E-state index contributed by atoms with van der Waals surface area (Å²) in [6.45, 7) is 2.78. The molecule has 2 heterocycles. The van der Waals surface area contributed by atoms with Gasteiger partial charge in [-0.05, 0) is 49.1 Å². The molecule has 3 rings (SSSR count). The van der Waals surface area contributed by atoms with Gasteiger partial charge in [0.25, 0.3) is 5.91 Å². The molecule has 0 saturated carbocycles. The highest BCUT2D eigenvalue weighted by Crippen LogP contribution is 2.26. The van der Waals surface area contributed by atoms with Crippen molar-refractivity contribution in [2.45, 2.75) is 19.8 Å². The molecular formula is C19H20N2O4. The summed E-state index contributed by atoms with van der Waals surface area (Å²) in [5.41, 5.74) is 3.08. The van der Waals surface area contributed by atoms with Crippen LogP contribution in [0.5, 0.6) is 5.75 Å². The third-order valence-corrected chi connectivity index (χ3v) is 4.56. The molecule has 6 heteroatoms. The predicted octanol–water partition coefficient (Wildman–Crippen LogP) is 2.34. The van der Waals surface area contributed by atoms with Crippen molar-refractivity contribution in [3.8, 4) is 5.75 Å². The van der Waals surface area contributed by atoms with Crippen LogP contribution in [0.25, 0.3) is 0 Å². The lowest BCUT2D eigenvalue weighted by Crippen LogP contribution is -2.34. The lowest BCUT2D eigenvalue weighted by atomic mass is 10.0. The molecule has 25 heavy (non-hydrogen) atoms. The van der Waals surface area contributed by atoms with Crippen LogP contribution in [-0.2, 0) is 12.8 Å². The Bertz CT molecular complexity index is 832. The third-order valence-electron chi connectivity index (χ3n) is 4.56. The number of aryl methyl sites for hydroxylation is 1.